The minimum Gasteiger partial charge on any atom is -0.478 e. The van der Waals surface area contributed by atoms with E-state index in [0.717, 1.165) is 11.1 Å². The van der Waals surface area contributed by atoms with E-state index >= 15 is 0 Å². The van der Waals surface area contributed by atoms with Crippen LogP contribution < -0.4 is 5.32 Å². The lowest BCUT2D eigenvalue weighted by Gasteiger charge is -2.19. The number of carboxylic acid groups (broad SMARTS) is 1. The maximum absolute atomic E-state index is 11.3. The molecule has 1 unspecified atom stereocenters. The predicted molar refractivity (Wildman–Crippen MR) is 86.6 cm³/mol. The van der Waals surface area contributed by atoms with Crippen molar-refractivity contribution >= 4 is 34.9 Å². The summed E-state index contributed by atoms with van der Waals surface area (Å²) >= 11 is 12.1. The van der Waals surface area contributed by atoms with Gasteiger partial charge in [0.05, 0.1) is 11.6 Å². The van der Waals surface area contributed by atoms with Crippen LogP contribution in [0.2, 0.25) is 10.0 Å². The second-order valence-electron chi connectivity index (χ2n) is 4.89. The summed E-state index contributed by atoms with van der Waals surface area (Å²) in [5.74, 6) is -0.966. The smallest absolute Gasteiger partial charge is 0.337 e. The Bertz CT molecular complexity index is 686. The number of halogens is 2. The Hall–Kier alpha value is -1.71. The molecule has 0 aliphatic carbocycles. The third-order valence-corrected chi connectivity index (χ3v) is 3.77. The average molecular weight is 324 g/mol. The lowest BCUT2D eigenvalue weighted by Crippen LogP contribution is -2.11. The first-order valence-electron chi connectivity index (χ1n) is 6.44. The number of aromatic carboxylic acids is 1. The van der Waals surface area contributed by atoms with E-state index in [2.05, 4.69) is 5.32 Å². The largest absolute Gasteiger partial charge is 0.478 e. The van der Waals surface area contributed by atoms with Gasteiger partial charge in [0.15, 0.2) is 0 Å². The molecule has 2 N–H and O–H groups in total. The Morgan fingerprint density at radius 2 is 1.90 bits per heavy atom. The van der Waals surface area contributed by atoms with Crippen LogP contribution in [0.15, 0.2) is 36.4 Å². The number of carbonyl (C=O) groups is 1. The Morgan fingerprint density at radius 3 is 2.52 bits per heavy atom. The van der Waals surface area contributed by atoms with Crippen LogP contribution >= 0.6 is 23.2 Å². The van der Waals surface area contributed by atoms with Gasteiger partial charge in [-0.3, -0.25) is 0 Å². The highest BCUT2D eigenvalue weighted by atomic mass is 35.5. The molecule has 0 heterocycles. The first-order chi connectivity index (χ1) is 9.88. The van der Waals surface area contributed by atoms with Gasteiger partial charge in [0.2, 0.25) is 0 Å². The molecule has 110 valence electrons. The average Bonchev–Trinajstić information content (AvgIpc) is 2.37. The van der Waals surface area contributed by atoms with Gasteiger partial charge < -0.3 is 10.4 Å². The summed E-state index contributed by atoms with van der Waals surface area (Å²) in [5, 5.41) is 13.6. The minimum atomic E-state index is -0.966. The van der Waals surface area contributed by atoms with Gasteiger partial charge >= 0.3 is 5.97 Å². The third-order valence-electron chi connectivity index (χ3n) is 3.21. The van der Waals surface area contributed by atoms with Crippen molar-refractivity contribution in [3.8, 4) is 0 Å². The quantitative estimate of drug-likeness (QED) is 0.815. The summed E-state index contributed by atoms with van der Waals surface area (Å²) in [5.41, 5.74) is 2.65. The third kappa shape index (κ3) is 3.69. The van der Waals surface area contributed by atoms with Crippen molar-refractivity contribution in [2.45, 2.75) is 19.9 Å². The molecule has 3 nitrogen and oxygen atoms in total. The molecule has 0 fully saturated rings. The molecule has 5 heteroatoms. The molecular formula is C16H15Cl2NO2. The number of hydrogen-bond acceptors (Lipinski definition) is 2. The number of aryl methyl sites for hydroxylation is 1. The van der Waals surface area contributed by atoms with Crippen molar-refractivity contribution in [1.29, 1.82) is 0 Å². The molecule has 0 aliphatic heterocycles. The summed E-state index contributed by atoms with van der Waals surface area (Å²) in [6.45, 7) is 3.83. The van der Waals surface area contributed by atoms with Crippen LogP contribution in [0, 0.1) is 6.92 Å². The topological polar surface area (TPSA) is 49.3 Å². The van der Waals surface area contributed by atoms with Crippen molar-refractivity contribution in [2.24, 2.45) is 0 Å². The lowest BCUT2D eigenvalue weighted by molar-refractivity contribution is 0.0698. The van der Waals surface area contributed by atoms with Gasteiger partial charge in [-0.05, 0) is 49.2 Å². The zero-order valence-corrected chi connectivity index (χ0v) is 13.2. The molecule has 0 radical (unpaired) electrons. The molecule has 21 heavy (non-hydrogen) atoms. The molecule has 0 saturated heterocycles. The van der Waals surface area contributed by atoms with Gasteiger partial charge in [-0.1, -0.05) is 35.3 Å². The molecule has 0 aromatic heterocycles. The molecule has 2 aromatic carbocycles. The monoisotopic (exact) mass is 323 g/mol. The van der Waals surface area contributed by atoms with E-state index in [1.165, 1.54) is 0 Å². The Balaban J connectivity index is 2.33. The van der Waals surface area contributed by atoms with Crippen LogP contribution in [0.5, 0.6) is 0 Å². The Labute approximate surface area is 133 Å². The molecule has 0 saturated carbocycles. The number of nitrogens with one attached hydrogen (secondary N) is 1. The first kappa shape index (κ1) is 15.7. The van der Waals surface area contributed by atoms with Crippen molar-refractivity contribution in [3.63, 3.8) is 0 Å². The first-order valence-corrected chi connectivity index (χ1v) is 7.19. The fourth-order valence-corrected chi connectivity index (χ4v) is 2.70. The standard InChI is InChI=1S/C16H15Cl2NO2/c1-9-3-5-13(16(20)21)15(7-9)19-10(2)12-6-4-11(17)8-14(12)18/h3-8,10,19H,1-2H3,(H,20,21). The van der Waals surface area contributed by atoms with E-state index < -0.39 is 5.97 Å². The van der Waals surface area contributed by atoms with E-state index in [0.29, 0.717) is 15.7 Å². The normalized spacial score (nSPS) is 12.0. The maximum atomic E-state index is 11.3. The summed E-state index contributed by atoms with van der Waals surface area (Å²) in [7, 11) is 0. The van der Waals surface area contributed by atoms with Gasteiger partial charge in [-0.15, -0.1) is 0 Å². The van der Waals surface area contributed by atoms with E-state index in [1.807, 2.05) is 26.0 Å². The second kappa shape index (κ2) is 6.37. The number of benzene rings is 2. The molecule has 1 atom stereocenters. The van der Waals surface area contributed by atoms with Crippen LogP contribution in [-0.2, 0) is 0 Å². The molecule has 2 rings (SSSR count). The Morgan fingerprint density at radius 1 is 1.19 bits per heavy atom. The molecule has 2 aromatic rings. The van der Waals surface area contributed by atoms with Crippen molar-refractivity contribution < 1.29 is 9.90 Å². The summed E-state index contributed by atoms with van der Waals surface area (Å²) < 4.78 is 0. The van der Waals surface area contributed by atoms with Gasteiger partial charge in [0, 0.05) is 15.7 Å². The van der Waals surface area contributed by atoms with Gasteiger partial charge in [0.1, 0.15) is 0 Å². The molecule has 0 spiro atoms. The predicted octanol–water partition coefficient (Wildman–Crippen LogP) is 5.17. The fourth-order valence-electron chi connectivity index (χ4n) is 2.13. The SMILES string of the molecule is Cc1ccc(C(=O)O)c(NC(C)c2ccc(Cl)cc2Cl)c1. The van der Waals surface area contributed by atoms with E-state index in [4.69, 9.17) is 23.2 Å². The molecule has 0 bridgehead atoms. The second-order valence-corrected chi connectivity index (χ2v) is 5.73. The van der Waals surface area contributed by atoms with Crippen LogP contribution in [0.1, 0.15) is 34.5 Å². The highest BCUT2D eigenvalue weighted by Gasteiger charge is 2.15. The zero-order chi connectivity index (χ0) is 15.6. The van der Waals surface area contributed by atoms with E-state index in [-0.39, 0.29) is 11.6 Å². The Kier molecular flexibility index (Phi) is 4.76. The summed E-state index contributed by atoms with van der Waals surface area (Å²) in [4.78, 5) is 11.3. The van der Waals surface area contributed by atoms with E-state index in [1.54, 1.807) is 24.3 Å². The van der Waals surface area contributed by atoms with Crippen molar-refractivity contribution in [2.75, 3.05) is 5.32 Å². The lowest BCUT2D eigenvalue weighted by atomic mass is 10.1. The van der Waals surface area contributed by atoms with Gasteiger partial charge in [0.25, 0.3) is 0 Å². The van der Waals surface area contributed by atoms with Crippen molar-refractivity contribution in [1.82, 2.24) is 0 Å². The van der Waals surface area contributed by atoms with Gasteiger partial charge in [-0.25, -0.2) is 4.79 Å². The number of rotatable bonds is 4. The summed E-state index contributed by atoms with van der Waals surface area (Å²) in [6, 6.07) is 10.3. The molecular weight excluding hydrogens is 309 g/mol. The maximum Gasteiger partial charge on any atom is 0.337 e. The van der Waals surface area contributed by atoms with Crippen LogP contribution in [0.3, 0.4) is 0 Å². The highest BCUT2D eigenvalue weighted by molar-refractivity contribution is 6.35. The van der Waals surface area contributed by atoms with E-state index in [9.17, 15) is 9.90 Å². The molecule has 0 aliphatic rings. The van der Waals surface area contributed by atoms with Crippen molar-refractivity contribution in [3.05, 3.63) is 63.1 Å². The fraction of sp³-hybridized carbons (Fsp3) is 0.188. The van der Waals surface area contributed by atoms with Gasteiger partial charge in [-0.2, -0.15) is 0 Å². The highest BCUT2D eigenvalue weighted by Crippen LogP contribution is 2.29. The number of carboxylic acids is 1. The van der Waals surface area contributed by atoms with Crippen LogP contribution in [-0.4, -0.2) is 11.1 Å². The zero-order valence-electron chi connectivity index (χ0n) is 11.7. The number of hydrogen-bond donors (Lipinski definition) is 2. The number of anilines is 1. The molecule has 0 amide bonds. The van der Waals surface area contributed by atoms with Crippen LogP contribution in [0.25, 0.3) is 0 Å². The van der Waals surface area contributed by atoms with Crippen LogP contribution in [0.4, 0.5) is 5.69 Å². The minimum absolute atomic E-state index is 0.144. The summed E-state index contributed by atoms with van der Waals surface area (Å²) in [6.07, 6.45) is 0.